The monoisotopic (exact) mass is 645 g/mol. The fourth-order valence-corrected chi connectivity index (χ4v) is 12.2. The minimum Gasteiger partial charge on any atom is -0.309 e. The van der Waals surface area contributed by atoms with Gasteiger partial charge in [0.15, 0.2) is 7.14 Å². The van der Waals surface area contributed by atoms with Crippen molar-refractivity contribution in [3.05, 3.63) is 170 Å². The van der Waals surface area contributed by atoms with Gasteiger partial charge < -0.3 is 19.3 Å². The van der Waals surface area contributed by atoms with Gasteiger partial charge in [-0.2, -0.15) is 0 Å². The van der Waals surface area contributed by atoms with E-state index in [9.17, 15) is 0 Å². The Kier molecular flexibility index (Phi) is 5.35. The topological polar surface area (TPSA) is 26.8 Å². The maximum Gasteiger partial charge on any atom is 0.183 e. The second-order valence-electron chi connectivity index (χ2n) is 12.9. The molecule has 0 N–H and O–H groups in total. The van der Waals surface area contributed by atoms with Crippen LogP contribution < -0.4 is 30.6 Å². The van der Waals surface area contributed by atoms with Crippen molar-refractivity contribution in [1.82, 2.24) is 0 Å². The summed E-state index contributed by atoms with van der Waals surface area (Å²) in [4.78, 5) is 7.08. The molecule has 0 aliphatic carbocycles. The van der Waals surface area contributed by atoms with Crippen LogP contribution in [0.15, 0.2) is 170 Å². The molecular weight excluding hydrogens is 617 g/mol. The van der Waals surface area contributed by atoms with E-state index in [4.69, 9.17) is 0 Å². The molecule has 3 heterocycles. The van der Waals surface area contributed by atoms with Crippen molar-refractivity contribution < 1.29 is 4.57 Å². The Hall–Kier alpha value is -6.09. The van der Waals surface area contributed by atoms with Gasteiger partial charge in [0, 0.05) is 27.8 Å². The maximum atomic E-state index is 17.1. The number of anilines is 9. The van der Waals surface area contributed by atoms with Gasteiger partial charge in [-0.3, -0.25) is 0 Å². The Morgan fingerprint density at radius 3 is 1.18 bits per heavy atom. The minimum atomic E-state index is -3.49. The fourth-order valence-electron chi connectivity index (χ4n) is 8.48. The molecule has 11 rings (SSSR count). The molecule has 8 aromatic rings. The first-order valence-corrected chi connectivity index (χ1v) is 18.4. The van der Waals surface area contributed by atoms with E-state index in [1.807, 2.05) is 0 Å². The molecule has 8 aromatic carbocycles. The molecule has 230 valence electrons. The van der Waals surface area contributed by atoms with Crippen LogP contribution in [0.25, 0.3) is 21.5 Å². The van der Waals surface area contributed by atoms with Crippen LogP contribution in [0, 0.1) is 0 Å². The lowest BCUT2D eigenvalue weighted by Gasteiger charge is -2.50. The first-order valence-electron chi connectivity index (χ1n) is 16.7. The quantitative estimate of drug-likeness (QED) is 0.179. The Labute approximate surface area is 284 Å². The predicted molar refractivity (Wildman–Crippen MR) is 206 cm³/mol. The smallest absolute Gasteiger partial charge is 0.183 e. The first-order chi connectivity index (χ1) is 24.2. The van der Waals surface area contributed by atoms with Crippen LogP contribution in [-0.4, -0.2) is 0 Å². The largest absolute Gasteiger partial charge is 0.309 e. The molecule has 0 saturated heterocycles. The highest BCUT2D eigenvalue weighted by molar-refractivity contribution is 7.87. The number of rotatable bonds is 3. The summed E-state index contributed by atoms with van der Waals surface area (Å²) < 4.78 is 17.1. The van der Waals surface area contributed by atoms with Crippen molar-refractivity contribution in [2.45, 2.75) is 0 Å². The van der Waals surface area contributed by atoms with Crippen LogP contribution >= 0.6 is 7.14 Å². The number of hydrogen-bond acceptors (Lipinski definition) is 4. The molecule has 0 saturated carbocycles. The lowest BCUT2D eigenvalue weighted by atomic mass is 9.99. The van der Waals surface area contributed by atoms with E-state index in [0.717, 1.165) is 88.6 Å². The molecule has 0 bridgehead atoms. The van der Waals surface area contributed by atoms with E-state index in [2.05, 4.69) is 185 Å². The van der Waals surface area contributed by atoms with Gasteiger partial charge in [-0.05, 0) is 71.4 Å². The van der Waals surface area contributed by atoms with Crippen LogP contribution in [0.3, 0.4) is 0 Å². The van der Waals surface area contributed by atoms with Gasteiger partial charge in [-0.15, -0.1) is 0 Å². The molecule has 4 nitrogen and oxygen atoms in total. The third-order valence-corrected chi connectivity index (χ3v) is 13.6. The van der Waals surface area contributed by atoms with Gasteiger partial charge in [0.1, 0.15) is 0 Å². The summed E-state index contributed by atoms with van der Waals surface area (Å²) in [5.74, 6) is 0. The SMILES string of the molecule is O=P12c3c4cccc3N(c3ccccc3)c3c1c(cc1ccccc31)N(c1ccccc1)c1cc3ccccc3c(c12)N4c1ccccc1. The van der Waals surface area contributed by atoms with Gasteiger partial charge in [-0.1, -0.05) is 109 Å². The van der Waals surface area contributed by atoms with E-state index in [1.165, 1.54) is 0 Å². The van der Waals surface area contributed by atoms with E-state index in [0.29, 0.717) is 0 Å². The Bertz CT molecular complexity index is 2550. The van der Waals surface area contributed by atoms with Gasteiger partial charge in [-0.25, -0.2) is 0 Å². The molecule has 0 atom stereocenters. The molecule has 0 radical (unpaired) electrons. The highest BCUT2D eigenvalue weighted by Crippen LogP contribution is 2.68. The first kappa shape index (κ1) is 26.9. The number of para-hydroxylation sites is 3. The van der Waals surface area contributed by atoms with E-state index < -0.39 is 7.14 Å². The average molecular weight is 646 g/mol. The maximum absolute atomic E-state index is 17.1. The molecule has 3 aliphatic heterocycles. The van der Waals surface area contributed by atoms with Crippen molar-refractivity contribution in [3.63, 3.8) is 0 Å². The summed E-state index contributed by atoms with van der Waals surface area (Å²) >= 11 is 0. The average Bonchev–Trinajstić information content (AvgIpc) is 3.16. The summed E-state index contributed by atoms with van der Waals surface area (Å²) in [6.07, 6.45) is 0. The van der Waals surface area contributed by atoms with Crippen molar-refractivity contribution in [2.24, 2.45) is 0 Å². The molecule has 5 heteroatoms. The van der Waals surface area contributed by atoms with Crippen molar-refractivity contribution in [1.29, 1.82) is 0 Å². The van der Waals surface area contributed by atoms with Gasteiger partial charge in [0.05, 0.1) is 50.0 Å². The van der Waals surface area contributed by atoms with Crippen molar-refractivity contribution >= 4 is 95.8 Å². The molecule has 0 spiro atoms. The molecule has 49 heavy (non-hydrogen) atoms. The highest BCUT2D eigenvalue weighted by Gasteiger charge is 2.55. The lowest BCUT2D eigenvalue weighted by molar-refractivity contribution is 0.592. The molecular formula is C44H28N3OP. The Balaban J connectivity index is 1.42. The number of hydrogen-bond donors (Lipinski definition) is 0. The summed E-state index contributed by atoms with van der Waals surface area (Å²) in [6, 6.07) is 59.7. The Morgan fingerprint density at radius 2 is 0.735 bits per heavy atom. The summed E-state index contributed by atoms with van der Waals surface area (Å²) in [7, 11) is -3.49. The van der Waals surface area contributed by atoms with Crippen molar-refractivity contribution in [2.75, 3.05) is 14.7 Å². The van der Waals surface area contributed by atoms with Crippen LogP contribution in [0.1, 0.15) is 0 Å². The third-order valence-electron chi connectivity index (χ3n) is 10.3. The second kappa shape index (κ2) is 9.73. The minimum absolute atomic E-state index is 0.892. The van der Waals surface area contributed by atoms with E-state index in [1.54, 1.807) is 0 Å². The van der Waals surface area contributed by atoms with Gasteiger partial charge >= 0.3 is 0 Å². The van der Waals surface area contributed by atoms with E-state index >= 15 is 4.57 Å². The zero-order valence-corrected chi connectivity index (χ0v) is 27.3. The van der Waals surface area contributed by atoms with Crippen LogP contribution in [0.5, 0.6) is 0 Å². The van der Waals surface area contributed by atoms with Crippen LogP contribution in [0.4, 0.5) is 51.2 Å². The molecule has 0 unspecified atom stereocenters. The fraction of sp³-hybridized carbons (Fsp3) is 0. The Morgan fingerprint density at radius 1 is 0.347 bits per heavy atom. The summed E-state index contributed by atoms with van der Waals surface area (Å²) in [6.45, 7) is 0. The molecule has 3 aliphatic rings. The number of fused-ring (bicyclic) bond motifs is 4. The summed E-state index contributed by atoms with van der Waals surface area (Å²) in [5.41, 5.74) is 8.93. The standard InChI is InChI=1S/C44H28N3OP/c48-49-42-36-25-14-26-37(42)47(33-21-8-3-9-22-33)41-35-24-13-11-16-30(35)28-39(44(41)49)45(31-17-4-1-5-18-31)38-27-29-15-10-12-23-34(29)40(43(38)49)46(36)32-19-6-2-7-20-32/h1-28H. The molecule has 0 aromatic heterocycles. The third kappa shape index (κ3) is 3.41. The van der Waals surface area contributed by atoms with Gasteiger partial charge in [0.25, 0.3) is 0 Å². The van der Waals surface area contributed by atoms with Crippen LogP contribution in [0.2, 0.25) is 0 Å². The van der Waals surface area contributed by atoms with Crippen molar-refractivity contribution in [3.8, 4) is 0 Å². The highest BCUT2D eigenvalue weighted by atomic mass is 31.2. The normalized spacial score (nSPS) is 14.7. The zero-order chi connectivity index (χ0) is 32.3. The second-order valence-corrected chi connectivity index (χ2v) is 15.5. The van der Waals surface area contributed by atoms with E-state index in [-0.39, 0.29) is 0 Å². The van der Waals surface area contributed by atoms with Crippen LogP contribution in [-0.2, 0) is 4.57 Å². The molecule has 0 amide bonds. The lowest BCUT2D eigenvalue weighted by Crippen LogP contribution is -2.48. The number of nitrogens with zero attached hydrogens (tertiary/aromatic N) is 3. The zero-order valence-electron chi connectivity index (χ0n) is 26.4. The molecule has 0 fully saturated rings. The predicted octanol–water partition coefficient (Wildman–Crippen LogP) is 11.0. The number of benzene rings is 8. The van der Waals surface area contributed by atoms with Gasteiger partial charge in [0.2, 0.25) is 0 Å². The summed E-state index contributed by atoms with van der Waals surface area (Å²) in [5, 5.41) is 7.07.